The van der Waals surface area contributed by atoms with E-state index in [4.69, 9.17) is 9.15 Å². The van der Waals surface area contributed by atoms with Crippen molar-refractivity contribution >= 4 is 29.3 Å². The molecule has 1 aromatic carbocycles. The zero-order valence-electron chi connectivity index (χ0n) is 17.0. The maximum Gasteiger partial charge on any atom is 0.339 e. The summed E-state index contributed by atoms with van der Waals surface area (Å²) in [5.74, 6) is 2.19. The standard InChI is InChI=1S/C22H28N2O4.ClH/c1-14-18-4-3-17(27-2)11-20(18)28-22(26)19(14)5-6-21(25)24-9-7-15-12-23-13-16(15)8-10-24;/h3-4,11,15-16,23H,5-10,12-13H2,1-2H3;1H/t15-,16+;. The lowest BCUT2D eigenvalue weighted by molar-refractivity contribution is -0.131. The van der Waals surface area contributed by atoms with Crippen LogP contribution in [0.15, 0.2) is 27.4 Å². The molecule has 7 heteroatoms. The second kappa shape index (κ2) is 9.18. The number of amides is 1. The Morgan fingerprint density at radius 1 is 1.24 bits per heavy atom. The van der Waals surface area contributed by atoms with Crippen molar-refractivity contribution in [3.63, 3.8) is 0 Å². The van der Waals surface area contributed by atoms with Gasteiger partial charge < -0.3 is 19.4 Å². The quantitative estimate of drug-likeness (QED) is 0.770. The van der Waals surface area contributed by atoms with Gasteiger partial charge in [-0.15, -0.1) is 12.4 Å². The Balaban J connectivity index is 0.00000240. The van der Waals surface area contributed by atoms with Gasteiger partial charge in [0.1, 0.15) is 11.3 Å². The van der Waals surface area contributed by atoms with Crippen LogP contribution in [0.1, 0.15) is 30.4 Å². The number of likely N-dealkylation sites (tertiary alicyclic amines) is 1. The molecule has 29 heavy (non-hydrogen) atoms. The van der Waals surface area contributed by atoms with Gasteiger partial charge in [0.25, 0.3) is 0 Å². The van der Waals surface area contributed by atoms with Crippen molar-refractivity contribution < 1.29 is 13.9 Å². The van der Waals surface area contributed by atoms with E-state index < -0.39 is 0 Å². The van der Waals surface area contributed by atoms with Gasteiger partial charge in [0.15, 0.2) is 0 Å². The molecule has 158 valence electrons. The maximum absolute atomic E-state index is 12.8. The summed E-state index contributed by atoms with van der Waals surface area (Å²) in [7, 11) is 1.58. The summed E-state index contributed by atoms with van der Waals surface area (Å²) in [6, 6.07) is 5.48. The molecule has 2 aromatic rings. The molecule has 0 aliphatic carbocycles. The fourth-order valence-corrected chi connectivity index (χ4v) is 4.65. The Labute approximate surface area is 177 Å². The minimum absolute atomic E-state index is 0. The van der Waals surface area contributed by atoms with Gasteiger partial charge in [0.2, 0.25) is 5.91 Å². The van der Waals surface area contributed by atoms with E-state index in [9.17, 15) is 9.59 Å². The molecule has 0 radical (unpaired) electrons. The van der Waals surface area contributed by atoms with Crippen LogP contribution in [0.25, 0.3) is 11.0 Å². The molecule has 0 unspecified atom stereocenters. The van der Waals surface area contributed by atoms with E-state index in [0.717, 1.165) is 50.0 Å². The van der Waals surface area contributed by atoms with Crippen LogP contribution < -0.4 is 15.7 Å². The first-order valence-electron chi connectivity index (χ1n) is 10.2. The number of halogens is 1. The summed E-state index contributed by atoms with van der Waals surface area (Å²) in [5, 5.41) is 4.35. The van der Waals surface area contributed by atoms with Crippen LogP contribution in [0, 0.1) is 18.8 Å². The summed E-state index contributed by atoms with van der Waals surface area (Å²) in [6.45, 7) is 5.73. The number of rotatable bonds is 4. The van der Waals surface area contributed by atoms with Crippen LogP contribution >= 0.6 is 12.4 Å². The molecule has 0 saturated carbocycles. The largest absolute Gasteiger partial charge is 0.497 e. The van der Waals surface area contributed by atoms with Gasteiger partial charge in [0.05, 0.1) is 7.11 Å². The van der Waals surface area contributed by atoms with Gasteiger partial charge >= 0.3 is 5.63 Å². The van der Waals surface area contributed by atoms with Crippen molar-refractivity contribution in [3.8, 4) is 5.75 Å². The van der Waals surface area contributed by atoms with Crippen molar-refractivity contribution in [1.82, 2.24) is 10.2 Å². The normalized spacial score (nSPS) is 21.4. The molecule has 2 aliphatic heterocycles. The molecular weight excluding hydrogens is 392 g/mol. The Morgan fingerprint density at radius 2 is 1.93 bits per heavy atom. The Bertz CT molecular complexity index is 928. The third-order valence-corrected chi connectivity index (χ3v) is 6.46. The van der Waals surface area contributed by atoms with Gasteiger partial charge in [-0.3, -0.25) is 4.79 Å². The highest BCUT2D eigenvalue weighted by Gasteiger charge is 2.31. The van der Waals surface area contributed by atoms with E-state index in [2.05, 4.69) is 5.32 Å². The van der Waals surface area contributed by atoms with Crippen molar-refractivity contribution in [2.75, 3.05) is 33.3 Å². The predicted octanol–water partition coefficient (Wildman–Crippen LogP) is 2.92. The molecule has 1 aromatic heterocycles. The third-order valence-electron chi connectivity index (χ3n) is 6.46. The number of aryl methyl sites for hydroxylation is 1. The average molecular weight is 421 g/mol. The highest BCUT2D eigenvalue weighted by atomic mass is 35.5. The number of nitrogens with zero attached hydrogens (tertiary/aromatic N) is 1. The summed E-state index contributed by atoms with van der Waals surface area (Å²) in [4.78, 5) is 27.3. The van der Waals surface area contributed by atoms with Crippen molar-refractivity contribution in [2.45, 2.75) is 32.6 Å². The van der Waals surface area contributed by atoms with E-state index in [1.165, 1.54) is 0 Å². The summed E-state index contributed by atoms with van der Waals surface area (Å²) in [5.41, 5.74) is 1.65. The molecule has 2 atom stereocenters. The lowest BCUT2D eigenvalue weighted by atomic mass is 9.92. The molecule has 2 aliphatic rings. The number of hydrogen-bond donors (Lipinski definition) is 1. The highest BCUT2D eigenvalue weighted by Crippen LogP contribution is 2.28. The number of carbonyl (C=O) groups is 1. The topological polar surface area (TPSA) is 71.8 Å². The summed E-state index contributed by atoms with van der Waals surface area (Å²) in [6.07, 6.45) is 2.91. The minimum atomic E-state index is -0.359. The number of ether oxygens (including phenoxy) is 1. The first-order chi connectivity index (χ1) is 13.6. The molecule has 1 N–H and O–H groups in total. The lowest BCUT2D eigenvalue weighted by Crippen LogP contribution is -2.33. The zero-order chi connectivity index (χ0) is 19.7. The molecular formula is C22H29ClN2O4. The molecule has 0 spiro atoms. The summed E-state index contributed by atoms with van der Waals surface area (Å²) >= 11 is 0. The van der Waals surface area contributed by atoms with Gasteiger partial charge in [-0.1, -0.05) is 0 Å². The Morgan fingerprint density at radius 3 is 2.59 bits per heavy atom. The fraction of sp³-hybridized carbons (Fsp3) is 0.545. The van der Waals surface area contributed by atoms with Crippen LogP contribution in [-0.4, -0.2) is 44.1 Å². The van der Waals surface area contributed by atoms with Crippen LogP contribution in [0.5, 0.6) is 5.75 Å². The molecule has 1 amide bonds. The average Bonchev–Trinajstić information content (AvgIpc) is 3.05. The number of benzene rings is 1. The third kappa shape index (κ3) is 4.43. The SMILES string of the molecule is COc1ccc2c(C)c(CCC(=O)N3CC[C@@H]4CNC[C@@H]4CC3)c(=O)oc2c1.Cl. The number of methoxy groups -OCH3 is 1. The van der Waals surface area contributed by atoms with E-state index in [1.807, 2.05) is 24.0 Å². The van der Waals surface area contributed by atoms with Crippen LogP contribution in [0.2, 0.25) is 0 Å². The highest BCUT2D eigenvalue weighted by molar-refractivity contribution is 5.85. The predicted molar refractivity (Wildman–Crippen MR) is 115 cm³/mol. The zero-order valence-corrected chi connectivity index (χ0v) is 17.8. The first kappa shape index (κ1) is 21.7. The second-order valence-corrected chi connectivity index (χ2v) is 7.99. The minimum Gasteiger partial charge on any atom is -0.497 e. The van der Waals surface area contributed by atoms with Crippen molar-refractivity contribution in [2.24, 2.45) is 11.8 Å². The molecule has 4 rings (SSSR count). The lowest BCUT2D eigenvalue weighted by Gasteiger charge is -2.21. The Kier molecular flexibility index (Phi) is 6.85. The molecule has 2 fully saturated rings. The number of nitrogens with one attached hydrogen (secondary N) is 1. The van der Waals surface area contributed by atoms with Gasteiger partial charge in [-0.25, -0.2) is 4.79 Å². The monoisotopic (exact) mass is 420 g/mol. The smallest absolute Gasteiger partial charge is 0.339 e. The van der Waals surface area contributed by atoms with Gasteiger partial charge in [0, 0.05) is 36.5 Å². The number of carbonyl (C=O) groups excluding carboxylic acids is 1. The fourth-order valence-electron chi connectivity index (χ4n) is 4.65. The van der Waals surface area contributed by atoms with E-state index >= 15 is 0 Å². The van der Waals surface area contributed by atoms with Gasteiger partial charge in [-0.2, -0.15) is 0 Å². The van der Waals surface area contributed by atoms with E-state index in [0.29, 0.717) is 41.6 Å². The molecule has 2 saturated heterocycles. The van der Waals surface area contributed by atoms with Crippen LogP contribution in [-0.2, 0) is 11.2 Å². The van der Waals surface area contributed by atoms with Crippen molar-refractivity contribution in [1.29, 1.82) is 0 Å². The molecule has 0 bridgehead atoms. The number of hydrogen-bond acceptors (Lipinski definition) is 5. The maximum atomic E-state index is 12.8. The Hall–Kier alpha value is -2.05. The second-order valence-electron chi connectivity index (χ2n) is 7.99. The first-order valence-corrected chi connectivity index (χ1v) is 10.2. The molecule has 6 nitrogen and oxygen atoms in total. The van der Waals surface area contributed by atoms with E-state index in [1.54, 1.807) is 13.2 Å². The van der Waals surface area contributed by atoms with E-state index in [-0.39, 0.29) is 23.9 Å². The van der Waals surface area contributed by atoms with Crippen LogP contribution in [0.3, 0.4) is 0 Å². The van der Waals surface area contributed by atoms with Crippen molar-refractivity contribution in [3.05, 3.63) is 39.7 Å². The van der Waals surface area contributed by atoms with Crippen LogP contribution in [0.4, 0.5) is 0 Å². The van der Waals surface area contributed by atoms with Gasteiger partial charge in [-0.05, 0) is 68.8 Å². The molecule has 3 heterocycles. The summed E-state index contributed by atoms with van der Waals surface area (Å²) < 4.78 is 10.7. The number of fused-ring (bicyclic) bond motifs is 2.